The summed E-state index contributed by atoms with van der Waals surface area (Å²) in [5, 5.41) is 22.4. The van der Waals surface area contributed by atoms with Crippen LogP contribution >= 0.6 is 0 Å². The number of hydrogen-bond donors (Lipinski definition) is 3. The molecular formula is C12H21N3O2. The number of guanidine groups is 1. The number of β-amino-alcohol motifs (C(OH)–C–C–N with tert-alkyl or cyclic N) is 2. The Kier molecular flexibility index (Phi) is 4.38. The van der Waals surface area contributed by atoms with Crippen LogP contribution in [0.15, 0.2) is 4.99 Å². The second kappa shape index (κ2) is 5.39. The molecule has 3 N–H and O–H groups in total. The second-order valence-electron chi connectivity index (χ2n) is 5.39. The van der Waals surface area contributed by atoms with E-state index in [0.717, 1.165) is 0 Å². The minimum atomic E-state index is -0.552. The maximum atomic E-state index is 9.63. The average Bonchev–Trinajstić information content (AvgIpc) is 2.13. The van der Waals surface area contributed by atoms with E-state index in [-0.39, 0.29) is 5.54 Å². The maximum Gasteiger partial charge on any atom is 0.208 e. The number of terminal acetylenes is 1. The molecule has 1 fully saturated rings. The van der Waals surface area contributed by atoms with Gasteiger partial charge in [-0.05, 0) is 20.8 Å². The SMILES string of the molecule is C#C/N=C(/NC(C)(C)C)N1C[C@H](O)C[C@H](O)C1. The van der Waals surface area contributed by atoms with Crippen LogP contribution < -0.4 is 5.32 Å². The predicted octanol–water partition coefficient (Wildman–Crippen LogP) is -0.251. The zero-order valence-corrected chi connectivity index (χ0v) is 10.6. The van der Waals surface area contributed by atoms with E-state index in [4.69, 9.17) is 6.42 Å². The highest BCUT2D eigenvalue weighted by Crippen LogP contribution is 2.12. The van der Waals surface area contributed by atoms with Crippen LogP contribution in [0.1, 0.15) is 27.2 Å². The molecule has 5 heteroatoms. The van der Waals surface area contributed by atoms with Crippen LogP contribution in [0.5, 0.6) is 0 Å². The van der Waals surface area contributed by atoms with Crippen molar-refractivity contribution in [1.82, 2.24) is 10.2 Å². The summed E-state index contributed by atoms with van der Waals surface area (Å²) >= 11 is 0. The number of rotatable bonds is 0. The van der Waals surface area contributed by atoms with Crippen LogP contribution in [0.25, 0.3) is 0 Å². The molecule has 0 bridgehead atoms. The van der Waals surface area contributed by atoms with E-state index >= 15 is 0 Å². The Morgan fingerprint density at radius 3 is 2.29 bits per heavy atom. The largest absolute Gasteiger partial charge is 0.391 e. The van der Waals surface area contributed by atoms with Crippen LogP contribution in [0, 0.1) is 12.5 Å². The first-order valence-electron chi connectivity index (χ1n) is 5.74. The molecule has 0 aliphatic carbocycles. The van der Waals surface area contributed by atoms with Crippen molar-refractivity contribution in [2.24, 2.45) is 4.99 Å². The van der Waals surface area contributed by atoms with Crippen LogP contribution in [0.4, 0.5) is 0 Å². The van der Waals surface area contributed by atoms with Crippen LogP contribution in [0.2, 0.25) is 0 Å². The van der Waals surface area contributed by atoms with Gasteiger partial charge in [0.05, 0.1) is 12.2 Å². The fourth-order valence-electron chi connectivity index (χ4n) is 1.79. The van der Waals surface area contributed by atoms with Gasteiger partial charge in [-0.1, -0.05) is 6.42 Å². The third-order valence-corrected chi connectivity index (χ3v) is 2.36. The quantitative estimate of drug-likeness (QED) is 0.310. The summed E-state index contributed by atoms with van der Waals surface area (Å²) in [7, 11) is 0. The molecule has 5 nitrogen and oxygen atoms in total. The van der Waals surface area contributed by atoms with E-state index in [2.05, 4.69) is 16.4 Å². The van der Waals surface area contributed by atoms with Gasteiger partial charge in [0.15, 0.2) is 0 Å². The molecule has 1 rings (SSSR count). The maximum absolute atomic E-state index is 9.63. The van der Waals surface area contributed by atoms with Gasteiger partial charge in [-0.25, -0.2) is 0 Å². The van der Waals surface area contributed by atoms with Gasteiger partial charge < -0.3 is 20.4 Å². The molecular weight excluding hydrogens is 218 g/mol. The Labute approximate surface area is 103 Å². The van der Waals surface area contributed by atoms with Gasteiger partial charge in [-0.15, -0.1) is 0 Å². The molecule has 0 unspecified atom stereocenters. The van der Waals surface area contributed by atoms with E-state index in [1.807, 2.05) is 20.8 Å². The first-order valence-corrected chi connectivity index (χ1v) is 5.74. The molecule has 2 atom stereocenters. The van der Waals surface area contributed by atoms with Crippen molar-refractivity contribution in [2.75, 3.05) is 13.1 Å². The summed E-state index contributed by atoms with van der Waals surface area (Å²) in [4.78, 5) is 5.72. The molecule has 0 radical (unpaired) electrons. The Bertz CT molecular complexity index is 318. The lowest BCUT2D eigenvalue weighted by atomic mass is 10.1. The summed E-state index contributed by atoms with van der Waals surface area (Å²) in [6.07, 6.45) is 4.49. The Morgan fingerprint density at radius 2 is 1.88 bits per heavy atom. The summed E-state index contributed by atoms with van der Waals surface area (Å²) in [5.74, 6) is 0.526. The minimum Gasteiger partial charge on any atom is -0.391 e. The lowest BCUT2D eigenvalue weighted by molar-refractivity contribution is 0.0153. The highest BCUT2D eigenvalue weighted by molar-refractivity contribution is 5.81. The molecule has 1 aliphatic heterocycles. The smallest absolute Gasteiger partial charge is 0.208 e. The highest BCUT2D eigenvalue weighted by atomic mass is 16.3. The monoisotopic (exact) mass is 239 g/mol. The minimum absolute atomic E-state index is 0.178. The van der Waals surface area contributed by atoms with Crippen molar-refractivity contribution in [3.63, 3.8) is 0 Å². The van der Waals surface area contributed by atoms with E-state index in [0.29, 0.717) is 25.5 Å². The number of piperidine rings is 1. The van der Waals surface area contributed by atoms with Gasteiger partial charge in [0, 0.05) is 31.1 Å². The number of aliphatic hydroxyl groups excluding tert-OH is 2. The summed E-state index contributed by atoms with van der Waals surface area (Å²) < 4.78 is 0. The predicted molar refractivity (Wildman–Crippen MR) is 67.4 cm³/mol. The van der Waals surface area contributed by atoms with E-state index < -0.39 is 12.2 Å². The first kappa shape index (κ1) is 13.8. The van der Waals surface area contributed by atoms with Crippen LogP contribution in [-0.4, -0.2) is 51.9 Å². The van der Waals surface area contributed by atoms with Crippen molar-refractivity contribution in [2.45, 2.75) is 44.9 Å². The molecule has 17 heavy (non-hydrogen) atoms. The highest BCUT2D eigenvalue weighted by Gasteiger charge is 2.28. The van der Waals surface area contributed by atoms with E-state index in [1.165, 1.54) is 0 Å². The Morgan fingerprint density at radius 1 is 1.35 bits per heavy atom. The lowest BCUT2D eigenvalue weighted by Crippen LogP contribution is -2.56. The van der Waals surface area contributed by atoms with Crippen molar-refractivity contribution < 1.29 is 10.2 Å². The molecule has 1 saturated heterocycles. The second-order valence-corrected chi connectivity index (χ2v) is 5.39. The summed E-state index contributed by atoms with van der Waals surface area (Å²) in [6, 6.07) is 2.24. The molecule has 0 saturated carbocycles. The molecule has 0 amide bonds. The average molecular weight is 239 g/mol. The van der Waals surface area contributed by atoms with Gasteiger partial charge in [-0.2, -0.15) is 4.99 Å². The van der Waals surface area contributed by atoms with Gasteiger partial charge in [0.1, 0.15) is 0 Å². The van der Waals surface area contributed by atoms with Crippen molar-refractivity contribution in [3.05, 3.63) is 0 Å². The standard InChI is InChI=1S/C12H21N3O2/c1-5-13-11(14-12(2,3)4)15-7-9(16)6-10(17)8-15/h1,9-10,16-17H,6-8H2,2-4H3,(H,13,14)/t9-,10+. The van der Waals surface area contributed by atoms with Gasteiger partial charge in [-0.3, -0.25) is 0 Å². The van der Waals surface area contributed by atoms with Crippen molar-refractivity contribution in [3.8, 4) is 12.5 Å². The van der Waals surface area contributed by atoms with Gasteiger partial charge in [0.25, 0.3) is 0 Å². The first-order chi connectivity index (χ1) is 7.81. The zero-order chi connectivity index (χ0) is 13.1. The zero-order valence-electron chi connectivity index (χ0n) is 10.6. The van der Waals surface area contributed by atoms with Crippen molar-refractivity contribution >= 4 is 5.96 Å². The fourth-order valence-corrected chi connectivity index (χ4v) is 1.79. The molecule has 1 heterocycles. The van der Waals surface area contributed by atoms with E-state index in [9.17, 15) is 10.2 Å². The summed E-state index contributed by atoms with van der Waals surface area (Å²) in [6.45, 7) is 6.85. The summed E-state index contributed by atoms with van der Waals surface area (Å²) in [5.41, 5.74) is -0.178. The molecule has 0 aromatic heterocycles. The third-order valence-electron chi connectivity index (χ3n) is 2.36. The number of aliphatic imine (C=N–C) groups is 1. The molecule has 1 aliphatic rings. The van der Waals surface area contributed by atoms with E-state index in [1.54, 1.807) is 4.90 Å². The topological polar surface area (TPSA) is 68.1 Å². The normalized spacial score (nSPS) is 26.6. The molecule has 96 valence electrons. The Balaban J connectivity index is 2.78. The number of nitrogens with one attached hydrogen (secondary N) is 1. The molecule has 0 aromatic carbocycles. The molecule has 0 spiro atoms. The van der Waals surface area contributed by atoms with Crippen molar-refractivity contribution in [1.29, 1.82) is 0 Å². The Hall–Kier alpha value is -1.25. The van der Waals surface area contributed by atoms with Crippen LogP contribution in [0.3, 0.4) is 0 Å². The number of nitrogens with zero attached hydrogens (tertiary/aromatic N) is 2. The lowest BCUT2D eigenvalue weighted by Gasteiger charge is -2.37. The van der Waals surface area contributed by atoms with Crippen LogP contribution in [-0.2, 0) is 0 Å². The number of likely N-dealkylation sites (tertiary alicyclic amines) is 1. The number of aliphatic hydroxyl groups is 2. The number of hydrogen-bond acceptors (Lipinski definition) is 3. The van der Waals surface area contributed by atoms with Gasteiger partial charge in [0.2, 0.25) is 5.96 Å². The van der Waals surface area contributed by atoms with Gasteiger partial charge >= 0.3 is 0 Å². The molecule has 0 aromatic rings. The third kappa shape index (κ3) is 4.63. The fraction of sp³-hybridized carbons (Fsp3) is 0.750.